The van der Waals surface area contributed by atoms with Crippen LogP contribution in [-0.2, 0) is 0 Å². The number of rotatable bonds is 5. The molecule has 0 radical (unpaired) electrons. The van der Waals surface area contributed by atoms with E-state index in [1.807, 2.05) is 89.6 Å². The van der Waals surface area contributed by atoms with Crippen LogP contribution in [0.5, 0.6) is 0 Å². The molecule has 6 heteroatoms. The molecule has 0 aliphatic carbocycles. The van der Waals surface area contributed by atoms with Crippen LogP contribution in [0.15, 0.2) is 134 Å². The molecule has 0 atom stereocenters. The highest BCUT2D eigenvalue weighted by atomic mass is 15.3. The van der Waals surface area contributed by atoms with Gasteiger partial charge in [-0.1, -0.05) is 84.9 Å². The molecule has 4 aromatic carbocycles. The van der Waals surface area contributed by atoms with Gasteiger partial charge in [0.1, 0.15) is 5.69 Å². The average Bonchev–Trinajstić information content (AvgIpc) is 3.42. The van der Waals surface area contributed by atoms with Gasteiger partial charge in [-0.05, 0) is 36.4 Å². The zero-order chi connectivity index (χ0) is 26.0. The Balaban J connectivity index is 1.39. The van der Waals surface area contributed by atoms with Crippen LogP contribution >= 0.6 is 0 Å². The van der Waals surface area contributed by atoms with E-state index >= 15 is 0 Å². The average molecular weight is 503 g/mol. The van der Waals surface area contributed by atoms with Gasteiger partial charge in [-0.2, -0.15) is 5.10 Å². The molecular weight excluding hydrogens is 480 g/mol. The molecule has 6 nitrogen and oxygen atoms in total. The SMILES string of the molecule is c1ccc(-c2nc(-c3ccncc3)nc(-c3cccc(-c4nn(-c5ccccc5)c5ccccc45)c3)n2)cc1. The maximum absolute atomic E-state index is 5.05. The van der Waals surface area contributed by atoms with E-state index in [1.165, 1.54) is 0 Å². The first-order valence-electron chi connectivity index (χ1n) is 12.7. The maximum atomic E-state index is 5.05. The van der Waals surface area contributed by atoms with Crippen molar-refractivity contribution in [2.75, 3.05) is 0 Å². The third-order valence-electron chi connectivity index (χ3n) is 6.59. The van der Waals surface area contributed by atoms with Gasteiger partial charge in [-0.15, -0.1) is 0 Å². The van der Waals surface area contributed by atoms with Crippen LogP contribution in [-0.4, -0.2) is 29.7 Å². The van der Waals surface area contributed by atoms with E-state index in [1.54, 1.807) is 12.4 Å². The molecule has 0 saturated carbocycles. The maximum Gasteiger partial charge on any atom is 0.164 e. The van der Waals surface area contributed by atoms with E-state index in [2.05, 4.69) is 41.4 Å². The van der Waals surface area contributed by atoms with Crippen LogP contribution in [0.1, 0.15) is 0 Å². The van der Waals surface area contributed by atoms with Crippen molar-refractivity contribution >= 4 is 10.9 Å². The van der Waals surface area contributed by atoms with Crippen LogP contribution < -0.4 is 0 Å². The molecule has 0 N–H and O–H groups in total. The smallest absolute Gasteiger partial charge is 0.164 e. The van der Waals surface area contributed by atoms with Crippen molar-refractivity contribution in [1.29, 1.82) is 0 Å². The summed E-state index contributed by atoms with van der Waals surface area (Å²) in [5.41, 5.74) is 6.67. The highest BCUT2D eigenvalue weighted by molar-refractivity contribution is 5.94. The third-order valence-corrected chi connectivity index (χ3v) is 6.59. The van der Waals surface area contributed by atoms with E-state index < -0.39 is 0 Å². The Morgan fingerprint density at radius 1 is 0.462 bits per heavy atom. The number of fused-ring (bicyclic) bond motifs is 1. The first-order chi connectivity index (χ1) is 19.3. The van der Waals surface area contributed by atoms with Crippen molar-refractivity contribution in [2.45, 2.75) is 0 Å². The molecular formula is C33H22N6. The lowest BCUT2D eigenvalue weighted by Gasteiger charge is -2.09. The van der Waals surface area contributed by atoms with E-state index in [-0.39, 0.29) is 0 Å². The summed E-state index contributed by atoms with van der Waals surface area (Å²) < 4.78 is 2.00. The molecule has 39 heavy (non-hydrogen) atoms. The van der Waals surface area contributed by atoms with E-state index in [4.69, 9.17) is 20.1 Å². The summed E-state index contributed by atoms with van der Waals surface area (Å²) in [4.78, 5) is 18.7. The number of nitrogens with zero attached hydrogens (tertiary/aromatic N) is 6. The summed E-state index contributed by atoms with van der Waals surface area (Å²) in [6, 6.07) is 40.5. The molecule has 3 heterocycles. The first kappa shape index (κ1) is 22.7. The number of para-hydroxylation sites is 2. The zero-order valence-electron chi connectivity index (χ0n) is 20.9. The Bertz CT molecular complexity index is 1840. The second-order valence-electron chi connectivity index (χ2n) is 9.10. The quantitative estimate of drug-likeness (QED) is 0.247. The molecule has 184 valence electrons. The molecule has 0 saturated heterocycles. The molecule has 0 aliphatic heterocycles. The van der Waals surface area contributed by atoms with Crippen molar-refractivity contribution in [2.24, 2.45) is 0 Å². The van der Waals surface area contributed by atoms with Gasteiger partial charge < -0.3 is 0 Å². The van der Waals surface area contributed by atoms with Gasteiger partial charge in [0, 0.05) is 40.0 Å². The Morgan fingerprint density at radius 3 is 1.77 bits per heavy atom. The van der Waals surface area contributed by atoms with Crippen LogP contribution in [0.25, 0.3) is 62.0 Å². The minimum Gasteiger partial charge on any atom is -0.265 e. The van der Waals surface area contributed by atoms with Crippen molar-refractivity contribution in [3.63, 3.8) is 0 Å². The molecule has 0 amide bonds. The summed E-state index contributed by atoms with van der Waals surface area (Å²) in [5, 5.41) is 6.13. The van der Waals surface area contributed by atoms with Gasteiger partial charge >= 0.3 is 0 Å². The Hall–Kier alpha value is -5.49. The molecule has 0 fully saturated rings. The standard InChI is InChI=1S/C33H22N6/c1-3-10-23(11-4-1)31-35-32(24-18-20-34-21-19-24)37-33(36-31)26-13-9-12-25(22-26)30-28-16-7-8-17-29(28)39(38-30)27-14-5-2-6-15-27/h1-22H. The Kier molecular flexibility index (Phi) is 5.68. The van der Waals surface area contributed by atoms with Crippen molar-refractivity contribution in [3.05, 3.63) is 134 Å². The normalized spacial score (nSPS) is 11.1. The fourth-order valence-electron chi connectivity index (χ4n) is 4.70. The largest absolute Gasteiger partial charge is 0.265 e. The minimum atomic E-state index is 0.601. The summed E-state index contributed by atoms with van der Waals surface area (Å²) in [6.45, 7) is 0. The predicted octanol–water partition coefficient (Wildman–Crippen LogP) is 7.27. The number of aromatic nitrogens is 6. The molecule has 7 rings (SSSR count). The molecule has 0 spiro atoms. The third kappa shape index (κ3) is 4.34. The molecule has 0 bridgehead atoms. The van der Waals surface area contributed by atoms with Gasteiger partial charge in [0.05, 0.1) is 11.2 Å². The van der Waals surface area contributed by atoms with E-state index in [0.717, 1.165) is 44.5 Å². The highest BCUT2D eigenvalue weighted by Crippen LogP contribution is 2.32. The number of hydrogen-bond acceptors (Lipinski definition) is 5. The molecule has 0 aliphatic rings. The Morgan fingerprint density at radius 2 is 1.03 bits per heavy atom. The van der Waals surface area contributed by atoms with Crippen LogP contribution in [0, 0.1) is 0 Å². The molecule has 3 aromatic heterocycles. The van der Waals surface area contributed by atoms with Gasteiger partial charge in [-0.3, -0.25) is 4.98 Å². The lowest BCUT2D eigenvalue weighted by molar-refractivity contribution is 0.915. The van der Waals surface area contributed by atoms with Crippen LogP contribution in [0.2, 0.25) is 0 Å². The van der Waals surface area contributed by atoms with Crippen LogP contribution in [0.3, 0.4) is 0 Å². The van der Waals surface area contributed by atoms with Crippen molar-refractivity contribution in [3.8, 4) is 51.1 Å². The fraction of sp³-hybridized carbons (Fsp3) is 0. The Labute approximate surface area is 225 Å². The van der Waals surface area contributed by atoms with Gasteiger partial charge in [0.25, 0.3) is 0 Å². The summed E-state index contributed by atoms with van der Waals surface area (Å²) in [6.07, 6.45) is 3.49. The second-order valence-corrected chi connectivity index (χ2v) is 9.10. The van der Waals surface area contributed by atoms with Gasteiger partial charge in [0.2, 0.25) is 0 Å². The number of pyridine rings is 1. The second kappa shape index (κ2) is 9.76. The lowest BCUT2D eigenvalue weighted by atomic mass is 10.0. The van der Waals surface area contributed by atoms with Crippen molar-refractivity contribution < 1.29 is 0 Å². The monoisotopic (exact) mass is 502 g/mol. The number of benzene rings is 4. The number of hydrogen-bond donors (Lipinski definition) is 0. The summed E-state index contributed by atoms with van der Waals surface area (Å²) in [7, 11) is 0. The minimum absolute atomic E-state index is 0.601. The fourth-order valence-corrected chi connectivity index (χ4v) is 4.70. The predicted molar refractivity (Wildman–Crippen MR) is 154 cm³/mol. The van der Waals surface area contributed by atoms with Crippen LogP contribution in [0.4, 0.5) is 0 Å². The zero-order valence-corrected chi connectivity index (χ0v) is 20.9. The molecule has 0 unspecified atom stereocenters. The van der Waals surface area contributed by atoms with E-state index in [0.29, 0.717) is 17.5 Å². The van der Waals surface area contributed by atoms with E-state index in [9.17, 15) is 0 Å². The first-order valence-corrected chi connectivity index (χ1v) is 12.7. The highest BCUT2D eigenvalue weighted by Gasteiger charge is 2.16. The van der Waals surface area contributed by atoms with Gasteiger partial charge in [-0.25, -0.2) is 19.6 Å². The van der Waals surface area contributed by atoms with Crippen molar-refractivity contribution in [1.82, 2.24) is 29.7 Å². The van der Waals surface area contributed by atoms with Gasteiger partial charge in [0.15, 0.2) is 17.5 Å². The topological polar surface area (TPSA) is 69.4 Å². The molecule has 7 aromatic rings. The summed E-state index contributed by atoms with van der Waals surface area (Å²) in [5.74, 6) is 1.83. The summed E-state index contributed by atoms with van der Waals surface area (Å²) >= 11 is 0. The lowest BCUT2D eigenvalue weighted by Crippen LogP contribution is -2.00.